The van der Waals surface area contributed by atoms with E-state index in [2.05, 4.69) is 5.32 Å². The van der Waals surface area contributed by atoms with Crippen LogP contribution in [0.15, 0.2) is 0 Å². The monoisotopic (exact) mass is 272 g/mol. The molecule has 1 amide bonds. The third kappa shape index (κ3) is 6.78. The minimum atomic E-state index is -0.445. The summed E-state index contributed by atoms with van der Waals surface area (Å²) < 4.78 is 11.1. The Kier molecular flexibility index (Phi) is 5.21. The Morgan fingerprint density at radius 3 is 2.37 bits per heavy atom. The van der Waals surface area contributed by atoms with Crippen LogP contribution in [-0.4, -0.2) is 54.5 Å². The lowest BCUT2D eigenvalue weighted by atomic mass is 10.1. The molecule has 0 aromatic heterocycles. The Bertz CT molecular complexity index is 305. The molecule has 1 N–H and O–H groups in total. The molecule has 1 heterocycles. The Morgan fingerprint density at radius 1 is 1.21 bits per heavy atom. The first kappa shape index (κ1) is 16.2. The summed E-state index contributed by atoms with van der Waals surface area (Å²) in [6.45, 7) is 14.4. The fourth-order valence-corrected chi connectivity index (χ4v) is 1.78. The van der Waals surface area contributed by atoms with Crippen molar-refractivity contribution < 1.29 is 14.3 Å². The van der Waals surface area contributed by atoms with Crippen molar-refractivity contribution in [2.45, 2.75) is 58.8 Å². The summed E-state index contributed by atoms with van der Waals surface area (Å²) in [5, 5.41) is 3.36. The fraction of sp³-hybridized carbons (Fsp3) is 0.929. The Hall–Kier alpha value is -0.810. The van der Waals surface area contributed by atoms with Gasteiger partial charge >= 0.3 is 6.09 Å². The number of nitrogens with zero attached hydrogens (tertiary/aromatic N) is 1. The maximum Gasteiger partial charge on any atom is 0.410 e. The molecule has 1 aliphatic rings. The molecular weight excluding hydrogens is 244 g/mol. The molecule has 0 radical (unpaired) electrons. The van der Waals surface area contributed by atoms with E-state index < -0.39 is 5.60 Å². The van der Waals surface area contributed by atoms with Gasteiger partial charge in [0, 0.05) is 25.7 Å². The third-order valence-electron chi connectivity index (χ3n) is 2.62. The number of amides is 1. The van der Waals surface area contributed by atoms with Gasteiger partial charge < -0.3 is 19.7 Å². The number of carbonyl (C=O) groups is 1. The van der Waals surface area contributed by atoms with Crippen LogP contribution in [0.3, 0.4) is 0 Å². The minimum Gasteiger partial charge on any atom is -0.444 e. The standard InChI is InChI=1S/C14H28N2O3/c1-13(2,3)18-10-11-9-16(8-7-15-11)12(17)19-14(4,5)6/h11,15H,7-10H2,1-6H3. The van der Waals surface area contributed by atoms with E-state index in [4.69, 9.17) is 9.47 Å². The smallest absolute Gasteiger partial charge is 0.410 e. The highest BCUT2D eigenvalue weighted by Crippen LogP contribution is 2.13. The van der Waals surface area contributed by atoms with Crippen LogP contribution in [-0.2, 0) is 9.47 Å². The second kappa shape index (κ2) is 6.09. The third-order valence-corrected chi connectivity index (χ3v) is 2.62. The highest BCUT2D eigenvalue weighted by atomic mass is 16.6. The summed E-state index contributed by atoms with van der Waals surface area (Å²) in [5.74, 6) is 0. The normalized spacial score (nSPS) is 21.4. The van der Waals surface area contributed by atoms with E-state index in [0.29, 0.717) is 19.7 Å². The lowest BCUT2D eigenvalue weighted by Crippen LogP contribution is -2.55. The number of hydrogen-bond acceptors (Lipinski definition) is 4. The largest absolute Gasteiger partial charge is 0.444 e. The zero-order valence-electron chi connectivity index (χ0n) is 13.1. The zero-order chi connectivity index (χ0) is 14.7. The van der Waals surface area contributed by atoms with E-state index in [-0.39, 0.29) is 17.7 Å². The van der Waals surface area contributed by atoms with Gasteiger partial charge in [0.05, 0.1) is 12.2 Å². The van der Waals surface area contributed by atoms with Crippen LogP contribution in [0.2, 0.25) is 0 Å². The van der Waals surface area contributed by atoms with Crippen LogP contribution >= 0.6 is 0 Å². The van der Waals surface area contributed by atoms with Gasteiger partial charge in [-0.3, -0.25) is 0 Å². The van der Waals surface area contributed by atoms with E-state index in [1.165, 1.54) is 0 Å². The van der Waals surface area contributed by atoms with Crippen molar-refractivity contribution in [1.82, 2.24) is 10.2 Å². The summed E-state index contributed by atoms with van der Waals surface area (Å²) in [5.41, 5.74) is -0.602. The molecule has 0 aliphatic carbocycles. The van der Waals surface area contributed by atoms with Gasteiger partial charge in [-0.2, -0.15) is 0 Å². The van der Waals surface area contributed by atoms with Crippen LogP contribution in [0, 0.1) is 0 Å². The van der Waals surface area contributed by atoms with E-state index in [0.717, 1.165) is 6.54 Å². The van der Waals surface area contributed by atoms with Crippen LogP contribution in [0.5, 0.6) is 0 Å². The average molecular weight is 272 g/mol. The van der Waals surface area contributed by atoms with Crippen molar-refractivity contribution >= 4 is 6.09 Å². The molecule has 0 aromatic carbocycles. The van der Waals surface area contributed by atoms with Gasteiger partial charge in [-0.25, -0.2) is 4.79 Å². The van der Waals surface area contributed by atoms with Crippen molar-refractivity contribution in [3.63, 3.8) is 0 Å². The van der Waals surface area contributed by atoms with Crippen molar-refractivity contribution in [2.75, 3.05) is 26.2 Å². The van der Waals surface area contributed by atoms with E-state index in [9.17, 15) is 4.79 Å². The highest BCUT2D eigenvalue weighted by Gasteiger charge is 2.28. The molecule has 0 saturated carbocycles. The van der Waals surface area contributed by atoms with Crippen LogP contribution in [0.25, 0.3) is 0 Å². The topological polar surface area (TPSA) is 50.8 Å². The first-order valence-corrected chi connectivity index (χ1v) is 6.92. The molecule has 112 valence electrons. The Labute approximate surface area is 116 Å². The number of nitrogens with one attached hydrogen (secondary N) is 1. The Morgan fingerprint density at radius 2 is 1.84 bits per heavy atom. The quantitative estimate of drug-likeness (QED) is 0.835. The van der Waals surface area contributed by atoms with Crippen molar-refractivity contribution in [3.8, 4) is 0 Å². The fourth-order valence-electron chi connectivity index (χ4n) is 1.78. The van der Waals surface area contributed by atoms with Crippen LogP contribution < -0.4 is 5.32 Å². The molecule has 1 rings (SSSR count). The SMILES string of the molecule is CC(C)(C)OCC1CN(C(=O)OC(C)(C)C)CCN1. The van der Waals surface area contributed by atoms with Gasteiger partial charge in [0.1, 0.15) is 5.60 Å². The van der Waals surface area contributed by atoms with Gasteiger partial charge in [0.2, 0.25) is 0 Å². The minimum absolute atomic E-state index is 0.157. The van der Waals surface area contributed by atoms with Crippen LogP contribution in [0.1, 0.15) is 41.5 Å². The molecule has 19 heavy (non-hydrogen) atoms. The molecule has 0 bridgehead atoms. The van der Waals surface area contributed by atoms with Gasteiger partial charge in [0.15, 0.2) is 0 Å². The van der Waals surface area contributed by atoms with Crippen molar-refractivity contribution in [3.05, 3.63) is 0 Å². The lowest BCUT2D eigenvalue weighted by molar-refractivity contribution is -0.0265. The van der Waals surface area contributed by atoms with E-state index in [1.807, 2.05) is 41.5 Å². The summed E-state index contributed by atoms with van der Waals surface area (Å²) in [7, 11) is 0. The Balaban J connectivity index is 2.44. The van der Waals surface area contributed by atoms with Gasteiger partial charge in [0.25, 0.3) is 0 Å². The lowest BCUT2D eigenvalue weighted by Gasteiger charge is -2.35. The first-order valence-electron chi connectivity index (χ1n) is 6.92. The molecule has 1 saturated heterocycles. The maximum absolute atomic E-state index is 12.0. The number of ether oxygens (including phenoxy) is 2. The number of piperazine rings is 1. The average Bonchev–Trinajstić information content (AvgIpc) is 2.23. The molecule has 1 unspecified atom stereocenters. The van der Waals surface area contributed by atoms with Crippen molar-refractivity contribution in [2.24, 2.45) is 0 Å². The molecule has 1 fully saturated rings. The second-order valence-corrected chi connectivity index (χ2v) is 7.00. The molecular formula is C14H28N2O3. The molecule has 5 heteroatoms. The van der Waals surface area contributed by atoms with Crippen LogP contribution in [0.4, 0.5) is 4.79 Å². The number of rotatable bonds is 2. The summed E-state index contributed by atoms with van der Waals surface area (Å²) in [6.07, 6.45) is -0.241. The second-order valence-electron chi connectivity index (χ2n) is 7.00. The zero-order valence-corrected chi connectivity index (χ0v) is 13.1. The molecule has 1 aliphatic heterocycles. The molecule has 5 nitrogen and oxygen atoms in total. The first-order chi connectivity index (χ1) is 8.57. The number of hydrogen-bond donors (Lipinski definition) is 1. The van der Waals surface area contributed by atoms with E-state index in [1.54, 1.807) is 4.90 Å². The number of carbonyl (C=O) groups excluding carboxylic acids is 1. The van der Waals surface area contributed by atoms with Gasteiger partial charge in [-0.1, -0.05) is 0 Å². The summed E-state index contributed by atoms with van der Waals surface area (Å²) >= 11 is 0. The predicted octanol–water partition coefficient (Wildman–Crippen LogP) is 2.01. The molecule has 1 atom stereocenters. The van der Waals surface area contributed by atoms with Gasteiger partial charge in [-0.15, -0.1) is 0 Å². The maximum atomic E-state index is 12.0. The highest BCUT2D eigenvalue weighted by molar-refractivity contribution is 5.68. The molecule has 0 aromatic rings. The van der Waals surface area contributed by atoms with Crippen molar-refractivity contribution in [1.29, 1.82) is 0 Å². The summed E-state index contributed by atoms with van der Waals surface area (Å²) in [4.78, 5) is 13.7. The van der Waals surface area contributed by atoms with E-state index >= 15 is 0 Å². The summed E-state index contributed by atoms with van der Waals surface area (Å²) in [6, 6.07) is 0.167. The van der Waals surface area contributed by atoms with Gasteiger partial charge in [-0.05, 0) is 41.5 Å². The molecule has 0 spiro atoms. The predicted molar refractivity (Wildman–Crippen MR) is 75.3 cm³/mol.